The molecule has 1 aliphatic heterocycles. The highest BCUT2D eigenvalue weighted by atomic mass is 16.2. The second-order valence-electron chi connectivity index (χ2n) is 8.59. The summed E-state index contributed by atoms with van der Waals surface area (Å²) in [5.74, 6) is 0.878. The number of benzene rings is 2. The second kappa shape index (κ2) is 4.40. The lowest BCUT2D eigenvalue weighted by molar-refractivity contribution is -0.122. The zero-order valence-electron chi connectivity index (χ0n) is 14.5. The van der Waals surface area contributed by atoms with Crippen molar-refractivity contribution >= 4 is 22.4 Å². The summed E-state index contributed by atoms with van der Waals surface area (Å²) in [5, 5.41) is 4.16. The van der Waals surface area contributed by atoms with E-state index in [1.54, 1.807) is 0 Å². The van der Waals surface area contributed by atoms with Crippen LogP contribution in [0.1, 0.15) is 33.6 Å². The Balaban J connectivity index is 1.61. The van der Waals surface area contributed by atoms with Crippen molar-refractivity contribution in [3.63, 3.8) is 0 Å². The standard InChI is InChI=1S/C21H24N2O/c1-20(2)15-11-12-21(20,3)18-17(15)19(24)23(22-18)16-10-6-8-13-7-4-5-9-14(13)16/h4-10,15,17-18,22H,11-12H2,1-3H3/t15-,17?,18?,21+/m1/s1. The number of nitrogens with zero attached hydrogens (tertiary/aromatic N) is 1. The predicted octanol–water partition coefficient (Wildman–Crippen LogP) is 4.13. The van der Waals surface area contributed by atoms with E-state index in [9.17, 15) is 4.79 Å². The van der Waals surface area contributed by atoms with Gasteiger partial charge in [0.15, 0.2) is 0 Å². The summed E-state index contributed by atoms with van der Waals surface area (Å²) in [4.78, 5) is 13.3. The molecule has 2 unspecified atom stereocenters. The van der Waals surface area contributed by atoms with Crippen molar-refractivity contribution in [1.82, 2.24) is 5.43 Å². The van der Waals surface area contributed by atoms with Gasteiger partial charge in [-0.05, 0) is 41.0 Å². The van der Waals surface area contributed by atoms with Gasteiger partial charge in [-0.15, -0.1) is 0 Å². The molecule has 2 aromatic rings. The minimum Gasteiger partial charge on any atom is -0.273 e. The number of carbonyl (C=O) groups excluding carboxylic acids is 1. The molecule has 3 fully saturated rings. The highest BCUT2D eigenvalue weighted by Crippen LogP contribution is 2.69. The number of hydrazine groups is 1. The fourth-order valence-corrected chi connectivity index (χ4v) is 5.86. The summed E-state index contributed by atoms with van der Waals surface area (Å²) < 4.78 is 0. The average Bonchev–Trinajstić information content (AvgIpc) is 3.09. The Hall–Kier alpha value is -1.87. The molecule has 3 nitrogen and oxygen atoms in total. The molecule has 1 saturated heterocycles. The van der Waals surface area contributed by atoms with Gasteiger partial charge in [0.2, 0.25) is 5.91 Å². The molecule has 1 amide bonds. The lowest BCUT2D eigenvalue weighted by atomic mass is 9.69. The normalized spacial score (nSPS) is 36.5. The lowest BCUT2D eigenvalue weighted by Gasteiger charge is -2.39. The first-order chi connectivity index (χ1) is 11.4. The number of hydrogen-bond acceptors (Lipinski definition) is 2. The number of nitrogens with one attached hydrogen (secondary N) is 1. The van der Waals surface area contributed by atoms with Crippen molar-refractivity contribution in [3.05, 3.63) is 42.5 Å². The number of fused-ring (bicyclic) bond motifs is 6. The largest absolute Gasteiger partial charge is 0.273 e. The van der Waals surface area contributed by atoms with E-state index in [0.717, 1.165) is 11.1 Å². The molecular weight excluding hydrogens is 296 g/mol. The number of amides is 1. The second-order valence-corrected chi connectivity index (χ2v) is 8.59. The van der Waals surface area contributed by atoms with Gasteiger partial charge in [-0.2, -0.15) is 0 Å². The monoisotopic (exact) mass is 320 g/mol. The molecule has 5 rings (SSSR count). The van der Waals surface area contributed by atoms with Crippen LogP contribution in [-0.4, -0.2) is 11.9 Å². The molecule has 2 bridgehead atoms. The van der Waals surface area contributed by atoms with Gasteiger partial charge in [-0.25, -0.2) is 10.4 Å². The summed E-state index contributed by atoms with van der Waals surface area (Å²) in [5.41, 5.74) is 5.04. The maximum absolute atomic E-state index is 13.3. The molecule has 0 spiro atoms. The van der Waals surface area contributed by atoms with Crippen molar-refractivity contribution in [1.29, 1.82) is 0 Å². The van der Waals surface area contributed by atoms with Gasteiger partial charge >= 0.3 is 0 Å². The SMILES string of the molecule is CC1(C)[C@@H]2CC[C@@]1(C)C1NN(c3cccc4ccccc34)C(=O)C12. The van der Waals surface area contributed by atoms with Crippen molar-refractivity contribution < 1.29 is 4.79 Å². The predicted molar refractivity (Wildman–Crippen MR) is 96.5 cm³/mol. The van der Waals surface area contributed by atoms with Gasteiger partial charge < -0.3 is 0 Å². The Kier molecular flexibility index (Phi) is 2.65. The van der Waals surface area contributed by atoms with E-state index in [1.807, 2.05) is 23.2 Å². The smallest absolute Gasteiger partial charge is 0.246 e. The van der Waals surface area contributed by atoms with Crippen LogP contribution in [0.25, 0.3) is 10.8 Å². The minimum atomic E-state index is 0.123. The Labute approximate surface area is 143 Å². The minimum absolute atomic E-state index is 0.123. The molecule has 0 aromatic heterocycles. The van der Waals surface area contributed by atoms with E-state index in [-0.39, 0.29) is 28.7 Å². The zero-order chi connectivity index (χ0) is 16.7. The maximum atomic E-state index is 13.3. The van der Waals surface area contributed by atoms with E-state index in [0.29, 0.717) is 5.92 Å². The summed E-state index contributed by atoms with van der Waals surface area (Å²) >= 11 is 0. The number of rotatable bonds is 1. The third kappa shape index (κ3) is 1.50. The molecule has 2 aromatic carbocycles. The Morgan fingerprint density at radius 2 is 1.83 bits per heavy atom. The van der Waals surface area contributed by atoms with Crippen molar-refractivity contribution in [2.45, 2.75) is 39.7 Å². The first kappa shape index (κ1) is 14.5. The molecule has 4 atom stereocenters. The summed E-state index contributed by atoms with van der Waals surface area (Å²) in [6.45, 7) is 7.10. The van der Waals surface area contributed by atoms with Crippen LogP contribution >= 0.6 is 0 Å². The van der Waals surface area contributed by atoms with Crippen LogP contribution in [-0.2, 0) is 4.79 Å². The Morgan fingerprint density at radius 1 is 1.08 bits per heavy atom. The van der Waals surface area contributed by atoms with E-state index >= 15 is 0 Å². The Morgan fingerprint density at radius 3 is 2.62 bits per heavy atom. The van der Waals surface area contributed by atoms with Crippen LogP contribution in [0.5, 0.6) is 0 Å². The molecular formula is C21H24N2O. The molecule has 1 heterocycles. The molecule has 3 aliphatic rings. The molecule has 0 radical (unpaired) electrons. The summed E-state index contributed by atoms with van der Waals surface area (Å²) in [7, 11) is 0. The van der Waals surface area contributed by atoms with Crippen molar-refractivity contribution in [2.75, 3.05) is 5.01 Å². The van der Waals surface area contributed by atoms with Crippen molar-refractivity contribution in [2.24, 2.45) is 22.7 Å². The van der Waals surface area contributed by atoms with Gasteiger partial charge in [0.25, 0.3) is 0 Å². The van der Waals surface area contributed by atoms with E-state index in [2.05, 4.69) is 50.5 Å². The van der Waals surface area contributed by atoms with Gasteiger partial charge in [0.1, 0.15) is 0 Å². The summed E-state index contributed by atoms with van der Waals surface area (Å²) in [6, 6.07) is 14.8. The van der Waals surface area contributed by atoms with E-state index in [1.165, 1.54) is 18.2 Å². The Bertz CT molecular complexity index is 853. The molecule has 124 valence electrons. The topological polar surface area (TPSA) is 32.3 Å². The molecule has 3 heteroatoms. The zero-order valence-corrected chi connectivity index (χ0v) is 14.5. The molecule has 24 heavy (non-hydrogen) atoms. The van der Waals surface area contributed by atoms with Gasteiger partial charge in [-0.1, -0.05) is 57.2 Å². The lowest BCUT2D eigenvalue weighted by Crippen LogP contribution is -2.47. The summed E-state index contributed by atoms with van der Waals surface area (Å²) in [6.07, 6.45) is 2.40. The number of hydrogen-bond donors (Lipinski definition) is 1. The van der Waals surface area contributed by atoms with E-state index < -0.39 is 0 Å². The highest BCUT2D eigenvalue weighted by Gasteiger charge is 2.70. The van der Waals surface area contributed by atoms with Crippen LogP contribution in [0.2, 0.25) is 0 Å². The van der Waals surface area contributed by atoms with Crippen molar-refractivity contribution in [3.8, 4) is 0 Å². The highest BCUT2D eigenvalue weighted by molar-refractivity contribution is 6.05. The quantitative estimate of drug-likeness (QED) is 0.857. The fraction of sp³-hybridized carbons (Fsp3) is 0.476. The molecule has 1 N–H and O–H groups in total. The van der Waals surface area contributed by atoms with Crippen LogP contribution < -0.4 is 10.4 Å². The van der Waals surface area contributed by atoms with Crippen LogP contribution in [0, 0.1) is 22.7 Å². The average molecular weight is 320 g/mol. The third-order valence-electron chi connectivity index (χ3n) is 7.63. The van der Waals surface area contributed by atoms with Crippen LogP contribution in [0.3, 0.4) is 0 Å². The van der Waals surface area contributed by atoms with Gasteiger partial charge in [0, 0.05) is 11.4 Å². The van der Waals surface area contributed by atoms with Gasteiger partial charge in [-0.3, -0.25) is 4.79 Å². The molecule has 2 aliphatic carbocycles. The number of carbonyl (C=O) groups is 1. The number of anilines is 1. The third-order valence-corrected chi connectivity index (χ3v) is 7.63. The van der Waals surface area contributed by atoms with Crippen LogP contribution in [0.15, 0.2) is 42.5 Å². The first-order valence-electron chi connectivity index (χ1n) is 9.03. The fourth-order valence-electron chi connectivity index (χ4n) is 5.86. The molecule has 2 saturated carbocycles. The maximum Gasteiger partial charge on any atom is 0.246 e. The van der Waals surface area contributed by atoms with E-state index in [4.69, 9.17) is 0 Å². The van der Waals surface area contributed by atoms with Crippen LogP contribution in [0.4, 0.5) is 5.69 Å². The van der Waals surface area contributed by atoms with Gasteiger partial charge in [0.05, 0.1) is 11.6 Å². The first-order valence-corrected chi connectivity index (χ1v) is 9.03.